The highest BCUT2D eigenvalue weighted by molar-refractivity contribution is 5.08. The van der Waals surface area contributed by atoms with Gasteiger partial charge in [-0.25, -0.2) is 0 Å². The molecule has 0 fully saturated rings. The van der Waals surface area contributed by atoms with Crippen LogP contribution in [0.2, 0.25) is 0 Å². The minimum absolute atomic E-state index is 0.586. The van der Waals surface area contributed by atoms with Crippen LogP contribution in [0, 0.1) is 6.92 Å². The summed E-state index contributed by atoms with van der Waals surface area (Å²) in [6, 6.07) is 2.78. The molecule has 3 heteroatoms. The molecule has 86 valence electrons. The largest absolute Gasteiger partial charge is 0.315 e. The maximum Gasteiger partial charge on any atom is 0.0596 e. The molecule has 0 aliphatic rings. The molecule has 0 amide bonds. The first-order valence-electron chi connectivity index (χ1n) is 5.90. The van der Waals surface area contributed by atoms with Gasteiger partial charge in [0, 0.05) is 18.3 Å². The molecular weight excluding hydrogens is 186 g/mol. The first-order chi connectivity index (χ1) is 7.13. The van der Waals surface area contributed by atoms with E-state index in [-0.39, 0.29) is 0 Å². The Hall–Kier alpha value is -0.830. The summed E-state index contributed by atoms with van der Waals surface area (Å²) in [7, 11) is 0. The van der Waals surface area contributed by atoms with E-state index in [1.54, 1.807) is 0 Å². The van der Waals surface area contributed by atoms with Crippen LogP contribution in [0.3, 0.4) is 0 Å². The van der Waals surface area contributed by atoms with Crippen molar-refractivity contribution in [2.45, 2.75) is 53.1 Å². The fourth-order valence-electron chi connectivity index (χ4n) is 1.73. The summed E-state index contributed by atoms with van der Waals surface area (Å²) in [6.45, 7) is 10.6. The van der Waals surface area contributed by atoms with Crippen LogP contribution in [0.1, 0.15) is 38.6 Å². The van der Waals surface area contributed by atoms with Gasteiger partial charge < -0.3 is 5.32 Å². The van der Waals surface area contributed by atoms with E-state index in [2.05, 4.69) is 48.9 Å². The fourth-order valence-corrected chi connectivity index (χ4v) is 1.73. The van der Waals surface area contributed by atoms with Gasteiger partial charge in [-0.2, -0.15) is 5.10 Å². The summed E-state index contributed by atoms with van der Waals surface area (Å²) >= 11 is 0. The van der Waals surface area contributed by atoms with E-state index in [0.29, 0.717) is 6.04 Å². The third-order valence-corrected chi connectivity index (χ3v) is 2.45. The van der Waals surface area contributed by atoms with Crippen molar-refractivity contribution in [3.05, 3.63) is 17.5 Å². The zero-order valence-corrected chi connectivity index (χ0v) is 10.4. The highest BCUT2D eigenvalue weighted by Gasteiger charge is 2.03. The predicted molar refractivity (Wildman–Crippen MR) is 64.1 cm³/mol. The van der Waals surface area contributed by atoms with E-state index in [1.165, 1.54) is 12.1 Å². The van der Waals surface area contributed by atoms with Gasteiger partial charge in [-0.05, 0) is 39.3 Å². The first-order valence-corrected chi connectivity index (χ1v) is 5.90. The maximum atomic E-state index is 4.44. The Kier molecular flexibility index (Phi) is 4.82. The van der Waals surface area contributed by atoms with E-state index >= 15 is 0 Å². The minimum Gasteiger partial charge on any atom is -0.315 e. The molecule has 1 heterocycles. The van der Waals surface area contributed by atoms with E-state index in [4.69, 9.17) is 0 Å². The summed E-state index contributed by atoms with van der Waals surface area (Å²) in [5, 5.41) is 7.87. The lowest BCUT2D eigenvalue weighted by Gasteiger charge is -2.08. The SMILES string of the molecule is CCn1nc(C)cc1CCCNC(C)C. The van der Waals surface area contributed by atoms with Crippen molar-refractivity contribution in [2.24, 2.45) is 0 Å². The molecule has 0 aromatic carbocycles. The van der Waals surface area contributed by atoms with Crippen LogP contribution in [-0.2, 0) is 13.0 Å². The average Bonchev–Trinajstić information content (AvgIpc) is 2.53. The summed E-state index contributed by atoms with van der Waals surface area (Å²) in [4.78, 5) is 0. The van der Waals surface area contributed by atoms with Crippen molar-refractivity contribution in [2.75, 3.05) is 6.54 Å². The fraction of sp³-hybridized carbons (Fsp3) is 0.750. The van der Waals surface area contributed by atoms with Gasteiger partial charge in [-0.15, -0.1) is 0 Å². The number of aromatic nitrogens is 2. The van der Waals surface area contributed by atoms with Gasteiger partial charge in [0.1, 0.15) is 0 Å². The second-order valence-electron chi connectivity index (χ2n) is 4.31. The van der Waals surface area contributed by atoms with Crippen molar-refractivity contribution in [1.82, 2.24) is 15.1 Å². The van der Waals surface area contributed by atoms with Gasteiger partial charge in [0.2, 0.25) is 0 Å². The van der Waals surface area contributed by atoms with Crippen molar-refractivity contribution in [3.8, 4) is 0 Å². The number of aryl methyl sites for hydroxylation is 3. The standard InChI is InChI=1S/C12H23N3/c1-5-15-12(9-11(4)14-15)7-6-8-13-10(2)3/h9-10,13H,5-8H2,1-4H3. The zero-order valence-electron chi connectivity index (χ0n) is 10.4. The average molecular weight is 209 g/mol. The highest BCUT2D eigenvalue weighted by atomic mass is 15.3. The Balaban J connectivity index is 2.36. The Morgan fingerprint density at radius 2 is 2.20 bits per heavy atom. The Morgan fingerprint density at radius 1 is 1.47 bits per heavy atom. The smallest absolute Gasteiger partial charge is 0.0596 e. The van der Waals surface area contributed by atoms with E-state index in [0.717, 1.165) is 25.2 Å². The first kappa shape index (κ1) is 12.2. The van der Waals surface area contributed by atoms with Crippen LogP contribution in [-0.4, -0.2) is 22.4 Å². The molecular formula is C12H23N3. The number of rotatable bonds is 6. The second-order valence-corrected chi connectivity index (χ2v) is 4.31. The Labute approximate surface area is 92.9 Å². The van der Waals surface area contributed by atoms with E-state index in [1.807, 2.05) is 0 Å². The molecule has 3 nitrogen and oxygen atoms in total. The summed E-state index contributed by atoms with van der Waals surface area (Å²) in [5.41, 5.74) is 2.49. The van der Waals surface area contributed by atoms with Gasteiger partial charge in [0.15, 0.2) is 0 Å². The van der Waals surface area contributed by atoms with Gasteiger partial charge in [0.05, 0.1) is 5.69 Å². The molecule has 0 atom stereocenters. The normalized spacial score (nSPS) is 11.3. The molecule has 0 saturated carbocycles. The predicted octanol–water partition coefficient (Wildman–Crippen LogP) is 2.14. The van der Waals surface area contributed by atoms with Gasteiger partial charge in [-0.1, -0.05) is 13.8 Å². The number of hydrogen-bond acceptors (Lipinski definition) is 2. The van der Waals surface area contributed by atoms with Crippen molar-refractivity contribution < 1.29 is 0 Å². The molecule has 15 heavy (non-hydrogen) atoms. The second kappa shape index (κ2) is 5.91. The molecule has 1 N–H and O–H groups in total. The molecule has 0 radical (unpaired) electrons. The van der Waals surface area contributed by atoms with Crippen LogP contribution in [0.4, 0.5) is 0 Å². The lowest BCUT2D eigenvalue weighted by atomic mass is 10.2. The van der Waals surface area contributed by atoms with Gasteiger partial charge in [0.25, 0.3) is 0 Å². The Morgan fingerprint density at radius 3 is 2.80 bits per heavy atom. The topological polar surface area (TPSA) is 29.9 Å². The molecule has 0 unspecified atom stereocenters. The Bertz CT molecular complexity index is 289. The number of hydrogen-bond donors (Lipinski definition) is 1. The van der Waals surface area contributed by atoms with Crippen LogP contribution >= 0.6 is 0 Å². The van der Waals surface area contributed by atoms with Crippen LogP contribution in [0.15, 0.2) is 6.07 Å². The minimum atomic E-state index is 0.586. The molecule has 1 aromatic rings. The zero-order chi connectivity index (χ0) is 11.3. The van der Waals surface area contributed by atoms with Crippen LogP contribution in [0.25, 0.3) is 0 Å². The molecule has 1 rings (SSSR count). The van der Waals surface area contributed by atoms with Crippen molar-refractivity contribution >= 4 is 0 Å². The van der Waals surface area contributed by atoms with Crippen molar-refractivity contribution in [1.29, 1.82) is 0 Å². The van der Waals surface area contributed by atoms with Crippen LogP contribution < -0.4 is 5.32 Å². The molecule has 0 bridgehead atoms. The number of nitrogens with zero attached hydrogens (tertiary/aromatic N) is 2. The quantitative estimate of drug-likeness (QED) is 0.727. The lowest BCUT2D eigenvalue weighted by Crippen LogP contribution is -2.24. The van der Waals surface area contributed by atoms with Crippen molar-refractivity contribution in [3.63, 3.8) is 0 Å². The summed E-state index contributed by atoms with van der Waals surface area (Å²) in [5.74, 6) is 0. The highest BCUT2D eigenvalue weighted by Crippen LogP contribution is 2.06. The van der Waals surface area contributed by atoms with Gasteiger partial charge >= 0.3 is 0 Å². The maximum absolute atomic E-state index is 4.44. The molecule has 0 aliphatic heterocycles. The molecule has 0 saturated heterocycles. The third-order valence-electron chi connectivity index (χ3n) is 2.45. The third kappa shape index (κ3) is 4.04. The molecule has 0 aliphatic carbocycles. The van der Waals surface area contributed by atoms with E-state index < -0.39 is 0 Å². The van der Waals surface area contributed by atoms with E-state index in [9.17, 15) is 0 Å². The molecule has 1 aromatic heterocycles. The van der Waals surface area contributed by atoms with Gasteiger partial charge in [-0.3, -0.25) is 4.68 Å². The molecule has 0 spiro atoms. The number of nitrogens with one attached hydrogen (secondary N) is 1. The monoisotopic (exact) mass is 209 g/mol. The van der Waals surface area contributed by atoms with Crippen LogP contribution in [0.5, 0.6) is 0 Å². The summed E-state index contributed by atoms with van der Waals surface area (Å²) in [6.07, 6.45) is 2.30. The lowest BCUT2D eigenvalue weighted by molar-refractivity contribution is 0.552. The summed E-state index contributed by atoms with van der Waals surface area (Å²) < 4.78 is 2.10.